The van der Waals surface area contributed by atoms with Crippen molar-refractivity contribution in [3.8, 4) is 17.1 Å². The lowest BCUT2D eigenvalue weighted by Gasteiger charge is -2.11. The topological polar surface area (TPSA) is 115 Å². The number of halogens is 3. The zero-order valence-corrected chi connectivity index (χ0v) is 21.8. The van der Waals surface area contributed by atoms with Gasteiger partial charge in [-0.1, -0.05) is 11.6 Å². The third-order valence-electron chi connectivity index (χ3n) is 5.29. The fraction of sp³-hybridized carbons (Fsp3) is 0.160. The molecule has 3 heterocycles. The van der Waals surface area contributed by atoms with Crippen LogP contribution in [-0.2, 0) is 23.7 Å². The molecule has 13 heteroatoms. The Balaban J connectivity index is 1.57. The summed E-state index contributed by atoms with van der Waals surface area (Å²) < 4.78 is 60.9. The van der Waals surface area contributed by atoms with Crippen molar-refractivity contribution in [1.82, 2.24) is 14.5 Å². The summed E-state index contributed by atoms with van der Waals surface area (Å²) in [4.78, 5) is 20.9. The molecule has 38 heavy (non-hydrogen) atoms. The third kappa shape index (κ3) is 6.64. The normalized spacial score (nSPS) is 11.3. The number of sulfonamides is 1. The minimum atomic E-state index is -3.54. The van der Waals surface area contributed by atoms with Gasteiger partial charge in [-0.3, -0.25) is 14.5 Å². The summed E-state index contributed by atoms with van der Waals surface area (Å²) in [5, 5.41) is 2.90. The van der Waals surface area contributed by atoms with Crippen LogP contribution in [0.5, 0.6) is 5.75 Å². The van der Waals surface area contributed by atoms with Crippen LogP contribution in [0.2, 0.25) is 5.02 Å². The smallest absolute Gasteiger partial charge is 0.257 e. The van der Waals surface area contributed by atoms with E-state index in [1.165, 1.54) is 43.5 Å². The molecule has 0 aliphatic heterocycles. The van der Waals surface area contributed by atoms with Crippen LogP contribution in [0.15, 0.2) is 61.2 Å². The lowest BCUT2D eigenvalue weighted by Crippen LogP contribution is -2.15. The number of amides is 1. The van der Waals surface area contributed by atoms with E-state index < -0.39 is 27.6 Å². The summed E-state index contributed by atoms with van der Waals surface area (Å²) in [7, 11) is -1.87. The second kappa shape index (κ2) is 11.2. The average Bonchev–Trinajstić information content (AvgIpc) is 3.23. The van der Waals surface area contributed by atoms with E-state index in [0.29, 0.717) is 11.3 Å². The number of ether oxygens (including phenoxy) is 1. The van der Waals surface area contributed by atoms with Crippen molar-refractivity contribution in [1.29, 1.82) is 0 Å². The second-order valence-electron chi connectivity index (χ2n) is 8.21. The molecule has 2 N–H and O–H groups in total. The maximum absolute atomic E-state index is 14.0. The highest BCUT2D eigenvalue weighted by Crippen LogP contribution is 2.31. The Morgan fingerprint density at radius 2 is 1.79 bits per heavy atom. The van der Waals surface area contributed by atoms with Crippen molar-refractivity contribution < 1.29 is 26.7 Å². The Morgan fingerprint density at radius 1 is 1.05 bits per heavy atom. The van der Waals surface area contributed by atoms with Gasteiger partial charge < -0.3 is 14.6 Å². The molecule has 0 radical (unpaired) electrons. The van der Waals surface area contributed by atoms with Crippen LogP contribution in [0.4, 0.5) is 20.2 Å². The van der Waals surface area contributed by atoms with Crippen LogP contribution in [0.25, 0.3) is 11.4 Å². The average molecular weight is 562 g/mol. The van der Waals surface area contributed by atoms with Crippen LogP contribution in [-0.4, -0.2) is 34.6 Å². The number of aryl methyl sites for hydroxylation is 1. The van der Waals surface area contributed by atoms with Gasteiger partial charge in [0.1, 0.15) is 23.9 Å². The molecule has 0 saturated carbocycles. The highest BCUT2D eigenvalue weighted by molar-refractivity contribution is 7.92. The Morgan fingerprint density at radius 3 is 2.53 bits per heavy atom. The van der Waals surface area contributed by atoms with Crippen molar-refractivity contribution in [3.63, 3.8) is 0 Å². The van der Waals surface area contributed by atoms with Gasteiger partial charge in [0.2, 0.25) is 10.0 Å². The Bertz CT molecular complexity index is 1610. The molecule has 9 nitrogen and oxygen atoms in total. The number of nitrogens with zero attached hydrogens (tertiary/aromatic N) is 3. The lowest BCUT2D eigenvalue weighted by atomic mass is 10.2. The summed E-state index contributed by atoms with van der Waals surface area (Å²) in [5.41, 5.74) is 1.86. The van der Waals surface area contributed by atoms with Gasteiger partial charge in [0.25, 0.3) is 5.91 Å². The first-order valence-electron chi connectivity index (χ1n) is 11.2. The molecule has 1 amide bonds. The van der Waals surface area contributed by atoms with E-state index in [4.69, 9.17) is 16.3 Å². The molecule has 1 aromatic carbocycles. The molecule has 0 bridgehead atoms. The minimum Gasteiger partial charge on any atom is -0.486 e. The van der Waals surface area contributed by atoms with Gasteiger partial charge in [0, 0.05) is 41.8 Å². The molecule has 0 saturated heterocycles. The number of anilines is 2. The first kappa shape index (κ1) is 27.0. The number of hydrogen-bond donors (Lipinski definition) is 2. The number of hydrogen-bond acceptors (Lipinski definition) is 6. The van der Waals surface area contributed by atoms with E-state index in [1.807, 2.05) is 0 Å². The molecule has 0 unspecified atom stereocenters. The largest absolute Gasteiger partial charge is 0.486 e. The number of rotatable bonds is 9. The second-order valence-corrected chi connectivity index (χ2v) is 10.7. The summed E-state index contributed by atoms with van der Waals surface area (Å²) in [6, 6.07) is 8.27. The first-order chi connectivity index (χ1) is 18.0. The van der Waals surface area contributed by atoms with Crippen LogP contribution in [0, 0.1) is 11.6 Å². The van der Waals surface area contributed by atoms with Gasteiger partial charge >= 0.3 is 0 Å². The van der Waals surface area contributed by atoms with Crippen LogP contribution in [0.1, 0.15) is 22.8 Å². The number of carbonyl (C=O) groups is 1. The fourth-order valence-corrected chi connectivity index (χ4v) is 4.38. The highest BCUT2D eigenvalue weighted by Gasteiger charge is 2.18. The molecule has 3 aromatic heterocycles. The molecular weight excluding hydrogens is 540 g/mol. The molecular formula is C25H22ClF2N5O4S. The summed E-state index contributed by atoms with van der Waals surface area (Å²) >= 11 is 6.11. The SMILES string of the molecule is CCS(=O)(=O)Nc1cc(Cl)cc(NC(=O)c2cc(-c3ncc(F)cc3OCc3cncc(F)c3)n(C)c2)c1. The molecule has 0 aliphatic carbocycles. The standard InChI is InChI=1S/C25H22ClF2N5O4S/c1-3-38(35,36)32-21-7-17(26)6-20(9-21)31-25(34)16-5-22(33(2)13-16)24-23(8-19(28)12-30-24)37-14-15-4-18(27)11-29-10-15/h4-13,32H,3,14H2,1-2H3,(H,31,34). The first-order valence-corrected chi connectivity index (χ1v) is 13.2. The van der Waals surface area contributed by atoms with E-state index in [-0.39, 0.29) is 45.8 Å². The lowest BCUT2D eigenvalue weighted by molar-refractivity contribution is 0.102. The van der Waals surface area contributed by atoms with Crippen molar-refractivity contribution in [2.24, 2.45) is 7.05 Å². The Kier molecular flexibility index (Phi) is 7.93. The van der Waals surface area contributed by atoms with Crippen molar-refractivity contribution in [3.05, 3.63) is 89.0 Å². The quantitative estimate of drug-likeness (QED) is 0.297. The number of benzene rings is 1. The monoisotopic (exact) mass is 561 g/mol. The predicted octanol–water partition coefficient (Wildman–Crippen LogP) is 5.01. The number of aromatic nitrogens is 3. The van der Waals surface area contributed by atoms with E-state index in [9.17, 15) is 22.0 Å². The summed E-state index contributed by atoms with van der Waals surface area (Å²) in [6.07, 6.45) is 5.04. The van der Waals surface area contributed by atoms with Crippen molar-refractivity contribution >= 4 is 38.9 Å². The molecule has 0 fully saturated rings. The van der Waals surface area contributed by atoms with E-state index in [0.717, 1.165) is 18.5 Å². The van der Waals surface area contributed by atoms with Crippen molar-refractivity contribution in [2.75, 3.05) is 15.8 Å². The Labute approximate surface area is 222 Å². The highest BCUT2D eigenvalue weighted by atomic mass is 35.5. The van der Waals surface area contributed by atoms with E-state index in [2.05, 4.69) is 20.0 Å². The number of carbonyl (C=O) groups excluding carboxylic acids is 1. The van der Waals surface area contributed by atoms with Gasteiger partial charge in [-0.25, -0.2) is 22.2 Å². The zero-order valence-electron chi connectivity index (χ0n) is 20.2. The third-order valence-corrected chi connectivity index (χ3v) is 6.82. The maximum atomic E-state index is 14.0. The predicted molar refractivity (Wildman–Crippen MR) is 140 cm³/mol. The van der Waals surface area contributed by atoms with Gasteiger partial charge in [-0.2, -0.15) is 0 Å². The molecule has 0 aliphatic rings. The molecule has 4 aromatic rings. The summed E-state index contributed by atoms with van der Waals surface area (Å²) in [5.74, 6) is -1.71. The Hall–Kier alpha value is -4.03. The summed E-state index contributed by atoms with van der Waals surface area (Å²) in [6.45, 7) is 1.41. The van der Waals surface area contributed by atoms with E-state index >= 15 is 0 Å². The number of nitrogens with one attached hydrogen (secondary N) is 2. The van der Waals surface area contributed by atoms with Crippen LogP contribution in [0.3, 0.4) is 0 Å². The molecule has 0 atom stereocenters. The van der Waals surface area contributed by atoms with Gasteiger partial charge in [0.05, 0.1) is 35.1 Å². The van der Waals surface area contributed by atoms with Crippen LogP contribution < -0.4 is 14.8 Å². The molecule has 198 valence electrons. The van der Waals surface area contributed by atoms with Crippen LogP contribution >= 0.6 is 11.6 Å². The molecule has 4 rings (SSSR count). The zero-order chi connectivity index (χ0) is 27.4. The van der Waals surface area contributed by atoms with Gasteiger partial charge in [-0.15, -0.1) is 0 Å². The number of pyridine rings is 2. The van der Waals surface area contributed by atoms with Gasteiger partial charge in [0.15, 0.2) is 5.75 Å². The minimum absolute atomic E-state index is 0.0838. The maximum Gasteiger partial charge on any atom is 0.257 e. The fourth-order valence-electron chi connectivity index (χ4n) is 3.52. The van der Waals surface area contributed by atoms with E-state index in [1.54, 1.807) is 17.8 Å². The molecule has 0 spiro atoms. The van der Waals surface area contributed by atoms with Crippen molar-refractivity contribution in [2.45, 2.75) is 13.5 Å². The van der Waals surface area contributed by atoms with Gasteiger partial charge in [-0.05, 0) is 37.3 Å².